The van der Waals surface area contributed by atoms with Gasteiger partial charge in [-0.1, -0.05) is 17.7 Å². The molecule has 0 radical (unpaired) electrons. The molecule has 1 heterocycles. The number of rotatable bonds is 4. The lowest BCUT2D eigenvalue weighted by atomic mass is 10.1. The number of anilines is 1. The van der Waals surface area contributed by atoms with Crippen molar-refractivity contribution in [2.75, 3.05) is 38.5 Å². The smallest absolute Gasteiger partial charge is 0.255 e. The lowest BCUT2D eigenvalue weighted by molar-refractivity contribution is 0.102. The first-order valence-corrected chi connectivity index (χ1v) is 9.08. The molecule has 1 aliphatic rings. The maximum atomic E-state index is 12.5. The van der Waals surface area contributed by atoms with Crippen molar-refractivity contribution in [3.63, 3.8) is 0 Å². The second-order valence-electron chi connectivity index (χ2n) is 6.65. The average Bonchev–Trinajstić information content (AvgIpc) is 2.68. The van der Waals surface area contributed by atoms with E-state index < -0.39 is 5.91 Å². The Morgan fingerprint density at radius 3 is 2.70 bits per heavy atom. The fourth-order valence-electron chi connectivity index (χ4n) is 3.02. The van der Waals surface area contributed by atoms with Gasteiger partial charge >= 0.3 is 0 Å². The number of hydrogen-bond acceptors (Lipinski definition) is 5. The summed E-state index contributed by atoms with van der Waals surface area (Å²) in [5, 5.41) is 22.8. The second-order valence-corrected chi connectivity index (χ2v) is 7.06. The van der Waals surface area contributed by atoms with Gasteiger partial charge in [-0.15, -0.1) is 0 Å². The number of benzene rings is 2. The molecule has 6 nitrogen and oxygen atoms in total. The molecule has 1 aliphatic heterocycles. The summed E-state index contributed by atoms with van der Waals surface area (Å²) in [5.74, 6) is -0.415. The maximum Gasteiger partial charge on any atom is 0.255 e. The highest BCUT2D eigenvalue weighted by Gasteiger charge is 2.20. The molecule has 0 spiro atoms. The molecule has 1 saturated heterocycles. The van der Waals surface area contributed by atoms with Gasteiger partial charge in [0.25, 0.3) is 5.91 Å². The topological polar surface area (TPSA) is 79.6 Å². The number of carbonyl (C=O) groups is 1. The molecule has 0 aliphatic carbocycles. The minimum absolute atomic E-state index is 0.0220. The van der Waals surface area contributed by atoms with Crippen LogP contribution in [0, 0.1) is 11.3 Å². The van der Waals surface area contributed by atoms with E-state index in [1.165, 1.54) is 6.07 Å². The van der Waals surface area contributed by atoms with E-state index in [9.17, 15) is 9.90 Å². The molecule has 2 aromatic rings. The molecule has 27 heavy (non-hydrogen) atoms. The van der Waals surface area contributed by atoms with Gasteiger partial charge in [-0.25, -0.2) is 0 Å². The van der Waals surface area contributed by atoms with E-state index in [4.69, 9.17) is 16.9 Å². The van der Waals surface area contributed by atoms with Crippen LogP contribution in [0.2, 0.25) is 5.02 Å². The number of nitrogens with one attached hydrogen (secondary N) is 1. The van der Waals surface area contributed by atoms with Crippen molar-refractivity contribution >= 4 is 23.2 Å². The molecule has 1 amide bonds. The number of phenols is 1. The first-order valence-electron chi connectivity index (χ1n) is 8.70. The predicted octanol–water partition coefficient (Wildman–Crippen LogP) is 2.92. The zero-order chi connectivity index (χ0) is 19.4. The first-order chi connectivity index (χ1) is 13.0. The number of amides is 1. The molecule has 2 N–H and O–H groups in total. The van der Waals surface area contributed by atoms with E-state index in [-0.39, 0.29) is 5.75 Å². The Kier molecular flexibility index (Phi) is 5.97. The largest absolute Gasteiger partial charge is 0.505 e. The van der Waals surface area contributed by atoms with E-state index in [1.54, 1.807) is 30.3 Å². The number of nitrogens with zero attached hydrogens (tertiary/aromatic N) is 3. The summed E-state index contributed by atoms with van der Waals surface area (Å²) >= 11 is 6.30. The quantitative estimate of drug-likeness (QED) is 0.792. The highest BCUT2D eigenvalue weighted by molar-refractivity contribution is 6.31. The zero-order valence-electron chi connectivity index (χ0n) is 15.1. The third-order valence-corrected chi connectivity index (χ3v) is 5.06. The summed E-state index contributed by atoms with van der Waals surface area (Å²) in [7, 11) is 2.08. The SMILES string of the molecule is CN1CCN(Cc2c(Cl)ccc(NC(=O)c3cccc(C#N)c3)c2O)CC1. The molecule has 0 unspecified atom stereocenters. The van der Waals surface area contributed by atoms with Gasteiger partial charge in [-0.05, 0) is 37.4 Å². The van der Waals surface area contributed by atoms with Crippen LogP contribution in [0.1, 0.15) is 21.5 Å². The molecule has 0 aromatic heterocycles. The van der Waals surface area contributed by atoms with Crippen molar-refractivity contribution in [2.24, 2.45) is 0 Å². The van der Waals surface area contributed by atoms with Gasteiger partial charge in [0.2, 0.25) is 0 Å². The molecular weight excluding hydrogens is 364 g/mol. The number of phenolic OH excluding ortho intramolecular Hbond substituents is 1. The number of halogens is 1. The van der Waals surface area contributed by atoms with Crippen LogP contribution in [-0.2, 0) is 6.54 Å². The van der Waals surface area contributed by atoms with Gasteiger partial charge in [0, 0.05) is 48.9 Å². The van der Waals surface area contributed by atoms with Gasteiger partial charge in [0.05, 0.1) is 17.3 Å². The summed E-state index contributed by atoms with van der Waals surface area (Å²) in [5.41, 5.74) is 1.66. The van der Waals surface area contributed by atoms with Gasteiger partial charge in [-0.2, -0.15) is 5.26 Å². The van der Waals surface area contributed by atoms with Crippen LogP contribution >= 0.6 is 11.6 Å². The van der Waals surface area contributed by atoms with Crippen LogP contribution in [0.25, 0.3) is 0 Å². The monoisotopic (exact) mass is 384 g/mol. The van der Waals surface area contributed by atoms with Crippen LogP contribution in [0.4, 0.5) is 5.69 Å². The summed E-state index contributed by atoms with van der Waals surface area (Å²) < 4.78 is 0. The molecule has 3 rings (SSSR count). The molecule has 0 atom stereocenters. The Bertz CT molecular complexity index is 886. The van der Waals surface area contributed by atoms with Crippen molar-refractivity contribution in [3.05, 3.63) is 58.1 Å². The van der Waals surface area contributed by atoms with Crippen LogP contribution in [-0.4, -0.2) is 54.0 Å². The Morgan fingerprint density at radius 2 is 2.00 bits per heavy atom. The standard InChI is InChI=1S/C20H21ClN4O2/c1-24-7-9-25(10-8-24)13-16-17(21)5-6-18(19(16)26)23-20(27)15-4-2-3-14(11-15)12-22/h2-6,11,26H,7-10,13H2,1H3,(H,23,27). The van der Waals surface area contributed by atoms with Crippen molar-refractivity contribution < 1.29 is 9.90 Å². The van der Waals surface area contributed by atoms with Crippen molar-refractivity contribution in [3.8, 4) is 11.8 Å². The van der Waals surface area contributed by atoms with Crippen molar-refractivity contribution in [1.29, 1.82) is 5.26 Å². The lowest BCUT2D eigenvalue weighted by Gasteiger charge is -2.32. The van der Waals surface area contributed by atoms with E-state index in [0.717, 1.165) is 26.2 Å². The van der Waals surface area contributed by atoms with Crippen LogP contribution in [0.3, 0.4) is 0 Å². The van der Waals surface area contributed by atoms with Gasteiger partial charge in [0.15, 0.2) is 0 Å². The van der Waals surface area contributed by atoms with Crippen molar-refractivity contribution in [1.82, 2.24) is 9.80 Å². The van der Waals surface area contributed by atoms with E-state index >= 15 is 0 Å². The fraction of sp³-hybridized carbons (Fsp3) is 0.300. The van der Waals surface area contributed by atoms with Crippen LogP contribution < -0.4 is 5.32 Å². The number of hydrogen-bond donors (Lipinski definition) is 2. The molecular formula is C20H21ClN4O2. The lowest BCUT2D eigenvalue weighted by Crippen LogP contribution is -2.43. The zero-order valence-corrected chi connectivity index (χ0v) is 15.8. The maximum absolute atomic E-state index is 12.5. The Balaban J connectivity index is 1.78. The van der Waals surface area contributed by atoms with Gasteiger partial charge < -0.3 is 15.3 Å². The highest BCUT2D eigenvalue weighted by Crippen LogP contribution is 2.34. The molecule has 0 bridgehead atoms. The van der Waals surface area contributed by atoms with E-state index in [2.05, 4.69) is 22.2 Å². The molecule has 0 saturated carbocycles. The molecule has 1 fully saturated rings. The molecule has 7 heteroatoms. The Labute approximate surface area is 163 Å². The van der Waals surface area contributed by atoms with Crippen LogP contribution in [0.15, 0.2) is 36.4 Å². The Hall–Kier alpha value is -2.59. The summed E-state index contributed by atoms with van der Waals surface area (Å²) in [4.78, 5) is 17.0. The van der Waals surface area contributed by atoms with Crippen LogP contribution in [0.5, 0.6) is 5.75 Å². The van der Waals surface area contributed by atoms with E-state index in [1.807, 2.05) is 6.07 Å². The molecule has 140 valence electrons. The molecule has 2 aromatic carbocycles. The first kappa shape index (κ1) is 19.2. The summed E-state index contributed by atoms with van der Waals surface area (Å²) in [6.45, 7) is 4.23. The highest BCUT2D eigenvalue weighted by atomic mass is 35.5. The predicted molar refractivity (Wildman–Crippen MR) is 105 cm³/mol. The number of likely N-dealkylation sites (N-methyl/N-ethyl adjacent to an activating group) is 1. The van der Waals surface area contributed by atoms with Gasteiger partial charge in [-0.3, -0.25) is 9.69 Å². The second kappa shape index (κ2) is 8.40. The third kappa shape index (κ3) is 4.58. The number of nitriles is 1. The fourth-order valence-corrected chi connectivity index (χ4v) is 3.23. The number of aromatic hydroxyl groups is 1. The normalized spacial score (nSPS) is 15.3. The number of piperazine rings is 1. The van der Waals surface area contributed by atoms with Gasteiger partial charge in [0.1, 0.15) is 5.75 Å². The third-order valence-electron chi connectivity index (χ3n) is 4.71. The minimum atomic E-state index is -0.393. The Morgan fingerprint density at radius 1 is 1.26 bits per heavy atom. The summed E-state index contributed by atoms with van der Waals surface area (Å²) in [6, 6.07) is 11.7. The minimum Gasteiger partial charge on any atom is -0.505 e. The number of carbonyl (C=O) groups excluding carboxylic acids is 1. The average molecular weight is 385 g/mol. The van der Waals surface area contributed by atoms with Crippen molar-refractivity contribution in [2.45, 2.75) is 6.54 Å². The van der Waals surface area contributed by atoms with E-state index in [0.29, 0.717) is 33.9 Å². The summed E-state index contributed by atoms with van der Waals surface area (Å²) in [6.07, 6.45) is 0.